The van der Waals surface area contributed by atoms with Crippen LogP contribution in [0.3, 0.4) is 0 Å². The van der Waals surface area contributed by atoms with Crippen LogP contribution < -0.4 is 10.1 Å². The molecule has 6 heteroatoms. The van der Waals surface area contributed by atoms with Crippen LogP contribution in [0.4, 0.5) is 0 Å². The fraction of sp³-hybridized carbons (Fsp3) is 0.429. The van der Waals surface area contributed by atoms with E-state index in [1.54, 1.807) is 16.7 Å². The third kappa shape index (κ3) is 2.75. The number of nitrogens with one attached hydrogen (secondary N) is 1. The number of ether oxygens (including phenoxy) is 1. The number of rotatable bonds is 3. The highest BCUT2D eigenvalue weighted by Crippen LogP contribution is 2.31. The van der Waals surface area contributed by atoms with Gasteiger partial charge in [-0.25, -0.2) is 0 Å². The van der Waals surface area contributed by atoms with E-state index < -0.39 is 0 Å². The van der Waals surface area contributed by atoms with Gasteiger partial charge in [0.2, 0.25) is 11.8 Å². The number of carbonyl (C=O) groups is 2. The van der Waals surface area contributed by atoms with E-state index in [4.69, 9.17) is 4.74 Å². The van der Waals surface area contributed by atoms with Crippen molar-refractivity contribution in [2.24, 2.45) is 0 Å². The smallest absolute Gasteiger partial charge is 0.240 e. The number of para-hydroxylation sites is 1. The van der Waals surface area contributed by atoms with E-state index in [-0.39, 0.29) is 24.4 Å². The van der Waals surface area contributed by atoms with Gasteiger partial charge in [-0.2, -0.15) is 0 Å². The highest BCUT2D eigenvalue weighted by atomic mass is 32.2. The van der Waals surface area contributed by atoms with Gasteiger partial charge >= 0.3 is 0 Å². The number of carbonyl (C=O) groups excluding carboxylic acids is 2. The van der Waals surface area contributed by atoms with Crippen LogP contribution in [0.1, 0.15) is 18.0 Å². The predicted molar refractivity (Wildman–Crippen MR) is 76.5 cm³/mol. The predicted octanol–water partition coefficient (Wildman–Crippen LogP) is 1.16. The molecular weight excluding hydrogens is 276 g/mol. The van der Waals surface area contributed by atoms with Gasteiger partial charge in [-0.3, -0.25) is 9.59 Å². The Hall–Kier alpha value is -1.69. The summed E-state index contributed by atoms with van der Waals surface area (Å²) in [5.41, 5.74) is 1.01. The molecule has 1 unspecified atom stereocenters. The van der Waals surface area contributed by atoms with Crippen LogP contribution in [-0.2, 0) is 9.59 Å². The van der Waals surface area contributed by atoms with Gasteiger partial charge < -0.3 is 15.0 Å². The molecule has 0 spiro atoms. The lowest BCUT2D eigenvalue weighted by molar-refractivity contribution is -0.132. The largest absolute Gasteiger partial charge is 0.493 e. The maximum Gasteiger partial charge on any atom is 0.240 e. The number of nitrogens with zero attached hydrogens (tertiary/aromatic N) is 1. The standard InChI is InChI=1S/C14H16N2O3S/c17-13(7-16-9-20-8-14(16)18)15-11-5-6-19-12-4-2-1-3-10(11)12/h1-4,11H,5-9H2,(H,15,17). The van der Waals surface area contributed by atoms with Crippen molar-refractivity contribution in [3.63, 3.8) is 0 Å². The number of thioether (sulfide) groups is 1. The zero-order valence-electron chi connectivity index (χ0n) is 11.0. The minimum atomic E-state index is -0.109. The van der Waals surface area contributed by atoms with Gasteiger partial charge in [0.05, 0.1) is 24.3 Å². The molecule has 2 heterocycles. The fourth-order valence-corrected chi connectivity index (χ4v) is 3.35. The second kappa shape index (κ2) is 5.75. The van der Waals surface area contributed by atoms with Crippen LogP contribution in [0.15, 0.2) is 24.3 Å². The first-order valence-electron chi connectivity index (χ1n) is 6.60. The summed E-state index contributed by atoms with van der Waals surface area (Å²) in [4.78, 5) is 25.2. The van der Waals surface area contributed by atoms with Gasteiger partial charge in [-0.05, 0) is 6.07 Å². The molecule has 0 bridgehead atoms. The highest BCUT2D eigenvalue weighted by molar-refractivity contribution is 8.00. The van der Waals surface area contributed by atoms with E-state index in [0.29, 0.717) is 18.2 Å². The maximum absolute atomic E-state index is 12.1. The quantitative estimate of drug-likeness (QED) is 0.908. The Morgan fingerprint density at radius 1 is 1.45 bits per heavy atom. The number of hydrogen-bond donors (Lipinski definition) is 1. The molecule has 0 saturated carbocycles. The normalized spacial score (nSPS) is 21.3. The summed E-state index contributed by atoms with van der Waals surface area (Å²) in [6, 6.07) is 7.71. The lowest BCUT2D eigenvalue weighted by atomic mass is 10.0. The van der Waals surface area contributed by atoms with Crippen molar-refractivity contribution in [3.05, 3.63) is 29.8 Å². The lowest BCUT2D eigenvalue weighted by Gasteiger charge is -2.27. The van der Waals surface area contributed by atoms with Crippen LogP contribution in [-0.4, -0.2) is 41.5 Å². The Morgan fingerprint density at radius 3 is 3.10 bits per heavy atom. The van der Waals surface area contributed by atoms with E-state index in [2.05, 4.69) is 5.32 Å². The Bertz CT molecular complexity index is 535. The van der Waals surface area contributed by atoms with Crippen molar-refractivity contribution < 1.29 is 14.3 Å². The fourth-order valence-electron chi connectivity index (χ4n) is 2.45. The number of benzene rings is 1. The van der Waals surface area contributed by atoms with Gasteiger partial charge in [0.1, 0.15) is 12.3 Å². The van der Waals surface area contributed by atoms with Gasteiger partial charge in [-0.1, -0.05) is 18.2 Å². The van der Waals surface area contributed by atoms with Gasteiger partial charge in [0.15, 0.2) is 0 Å². The Balaban J connectivity index is 1.63. The molecule has 2 amide bonds. The minimum absolute atomic E-state index is 0.0298. The van der Waals surface area contributed by atoms with Crippen LogP contribution in [0.2, 0.25) is 0 Å². The second-order valence-electron chi connectivity index (χ2n) is 4.86. The summed E-state index contributed by atoms with van der Waals surface area (Å²) in [7, 11) is 0. The first kappa shape index (κ1) is 13.3. The lowest BCUT2D eigenvalue weighted by Crippen LogP contribution is -2.40. The van der Waals surface area contributed by atoms with Crippen LogP contribution in [0.5, 0.6) is 5.75 Å². The zero-order valence-corrected chi connectivity index (χ0v) is 11.8. The molecule has 5 nitrogen and oxygen atoms in total. The number of fused-ring (bicyclic) bond motifs is 1. The maximum atomic E-state index is 12.1. The van der Waals surface area contributed by atoms with E-state index in [1.807, 2.05) is 24.3 Å². The molecule has 20 heavy (non-hydrogen) atoms. The van der Waals surface area contributed by atoms with Crippen molar-refractivity contribution >= 4 is 23.6 Å². The highest BCUT2D eigenvalue weighted by Gasteiger charge is 2.26. The van der Waals surface area contributed by atoms with Crippen LogP contribution in [0, 0.1) is 0 Å². The van der Waals surface area contributed by atoms with Gasteiger partial charge in [0, 0.05) is 12.0 Å². The molecule has 1 N–H and O–H groups in total. The molecule has 1 aromatic carbocycles. The summed E-state index contributed by atoms with van der Waals surface area (Å²) >= 11 is 1.54. The second-order valence-corrected chi connectivity index (χ2v) is 5.82. The summed E-state index contributed by atoms with van der Waals surface area (Å²) in [6.07, 6.45) is 0.755. The first-order valence-corrected chi connectivity index (χ1v) is 7.76. The summed E-state index contributed by atoms with van der Waals surface area (Å²) in [6.45, 7) is 0.742. The van der Waals surface area contributed by atoms with Crippen LogP contribution in [0.25, 0.3) is 0 Å². The number of amides is 2. The molecule has 1 atom stereocenters. The molecule has 0 radical (unpaired) electrons. The van der Waals surface area contributed by atoms with E-state index in [0.717, 1.165) is 17.7 Å². The third-order valence-electron chi connectivity index (χ3n) is 3.45. The van der Waals surface area contributed by atoms with Crippen molar-refractivity contribution in [3.8, 4) is 5.75 Å². The summed E-state index contributed by atoms with van der Waals surface area (Å²) in [5, 5.41) is 3.00. The Morgan fingerprint density at radius 2 is 2.30 bits per heavy atom. The van der Waals surface area contributed by atoms with Crippen molar-refractivity contribution in [2.45, 2.75) is 12.5 Å². The first-order chi connectivity index (χ1) is 9.74. The average molecular weight is 292 g/mol. The molecule has 1 aromatic rings. The molecule has 2 aliphatic rings. The van der Waals surface area contributed by atoms with Crippen molar-refractivity contribution in [2.75, 3.05) is 24.8 Å². The van der Waals surface area contributed by atoms with Crippen molar-refractivity contribution in [1.82, 2.24) is 10.2 Å². The SMILES string of the molecule is O=C(CN1CSCC1=O)NC1CCOc2ccccc21. The molecule has 2 aliphatic heterocycles. The summed E-state index contributed by atoms with van der Waals surface area (Å²) in [5.74, 6) is 1.85. The average Bonchev–Trinajstić information content (AvgIpc) is 2.85. The Kier molecular flexibility index (Phi) is 3.82. The molecule has 106 valence electrons. The molecule has 0 aliphatic carbocycles. The molecule has 3 rings (SSSR count). The topological polar surface area (TPSA) is 58.6 Å². The Labute approximate surface area is 121 Å². The molecular formula is C14H16N2O3S. The monoisotopic (exact) mass is 292 g/mol. The van der Waals surface area contributed by atoms with E-state index in [9.17, 15) is 9.59 Å². The zero-order chi connectivity index (χ0) is 13.9. The third-order valence-corrected chi connectivity index (χ3v) is 4.40. The number of hydrogen-bond acceptors (Lipinski definition) is 4. The van der Waals surface area contributed by atoms with E-state index in [1.165, 1.54) is 0 Å². The molecule has 1 saturated heterocycles. The van der Waals surface area contributed by atoms with E-state index >= 15 is 0 Å². The molecule has 1 fully saturated rings. The molecule has 0 aromatic heterocycles. The summed E-state index contributed by atoms with van der Waals surface area (Å²) < 4.78 is 5.57. The van der Waals surface area contributed by atoms with Crippen molar-refractivity contribution in [1.29, 1.82) is 0 Å². The minimum Gasteiger partial charge on any atom is -0.493 e. The van der Waals surface area contributed by atoms with Gasteiger partial charge in [0.25, 0.3) is 0 Å². The van der Waals surface area contributed by atoms with Gasteiger partial charge in [-0.15, -0.1) is 11.8 Å². The van der Waals surface area contributed by atoms with Crippen LogP contribution >= 0.6 is 11.8 Å².